The monoisotopic (exact) mass is 330 g/mol. The van der Waals surface area contributed by atoms with Gasteiger partial charge in [0.1, 0.15) is 5.82 Å². The molecule has 122 valence electrons. The topological polar surface area (TPSA) is 24.1 Å². The van der Waals surface area contributed by atoms with Crippen molar-refractivity contribution in [3.8, 4) is 0 Å². The highest BCUT2D eigenvalue weighted by molar-refractivity contribution is 7.80. The van der Waals surface area contributed by atoms with Crippen molar-refractivity contribution in [1.82, 2.24) is 5.32 Å². The molecule has 2 rings (SSSR count). The summed E-state index contributed by atoms with van der Waals surface area (Å²) in [4.78, 5) is 0. The van der Waals surface area contributed by atoms with Gasteiger partial charge in [0.2, 0.25) is 0 Å². The second kappa shape index (κ2) is 8.63. The molecule has 0 atom stereocenters. The van der Waals surface area contributed by atoms with Crippen LogP contribution in [0.15, 0.2) is 42.5 Å². The highest BCUT2D eigenvalue weighted by Gasteiger charge is 2.07. The summed E-state index contributed by atoms with van der Waals surface area (Å²) in [6.07, 6.45) is 2.74. The maximum absolute atomic E-state index is 12.9. The predicted molar refractivity (Wildman–Crippen MR) is 99.5 cm³/mol. The van der Waals surface area contributed by atoms with E-state index in [4.69, 9.17) is 12.2 Å². The van der Waals surface area contributed by atoms with Crippen molar-refractivity contribution in [3.05, 3.63) is 65.0 Å². The summed E-state index contributed by atoms with van der Waals surface area (Å²) in [6, 6.07) is 12.9. The Labute approximate surface area is 143 Å². The summed E-state index contributed by atoms with van der Waals surface area (Å²) in [5, 5.41) is 7.19. The van der Waals surface area contributed by atoms with Crippen molar-refractivity contribution in [2.45, 2.75) is 33.1 Å². The Hall–Kier alpha value is -1.94. The second-order valence-corrected chi connectivity index (χ2v) is 5.82. The summed E-state index contributed by atoms with van der Waals surface area (Å²) in [6.45, 7) is 5.00. The van der Waals surface area contributed by atoms with Crippen LogP contribution >= 0.6 is 12.2 Å². The van der Waals surface area contributed by atoms with Gasteiger partial charge in [-0.25, -0.2) is 4.39 Å². The number of para-hydroxylation sites is 1. The minimum Gasteiger partial charge on any atom is -0.362 e. The largest absolute Gasteiger partial charge is 0.362 e. The lowest BCUT2D eigenvalue weighted by molar-refractivity contribution is 0.627. The molecular formula is C19H23FN2S. The lowest BCUT2D eigenvalue weighted by atomic mass is 10.0. The SMILES string of the molecule is CCc1cccc(CC)c1NC(=S)NCCc1ccc(F)cc1. The fourth-order valence-corrected chi connectivity index (χ4v) is 2.74. The van der Waals surface area contributed by atoms with E-state index in [1.165, 1.54) is 23.3 Å². The molecule has 0 aliphatic rings. The van der Waals surface area contributed by atoms with E-state index in [0.717, 1.165) is 30.5 Å². The van der Waals surface area contributed by atoms with Crippen LogP contribution in [0.3, 0.4) is 0 Å². The van der Waals surface area contributed by atoms with Gasteiger partial charge in [-0.1, -0.05) is 44.2 Å². The van der Waals surface area contributed by atoms with Crippen molar-refractivity contribution in [2.24, 2.45) is 0 Å². The van der Waals surface area contributed by atoms with E-state index in [1.807, 2.05) is 0 Å². The van der Waals surface area contributed by atoms with Gasteiger partial charge in [0, 0.05) is 12.2 Å². The molecule has 0 aliphatic heterocycles. The number of halogens is 1. The van der Waals surface area contributed by atoms with Crippen molar-refractivity contribution >= 4 is 23.0 Å². The minimum absolute atomic E-state index is 0.206. The second-order valence-electron chi connectivity index (χ2n) is 5.42. The van der Waals surface area contributed by atoms with Crippen LogP contribution in [0.5, 0.6) is 0 Å². The van der Waals surface area contributed by atoms with Crippen LogP contribution in [0.2, 0.25) is 0 Å². The Morgan fingerprint density at radius 2 is 1.61 bits per heavy atom. The van der Waals surface area contributed by atoms with Crippen LogP contribution in [0.1, 0.15) is 30.5 Å². The van der Waals surface area contributed by atoms with Crippen LogP contribution in [-0.2, 0) is 19.3 Å². The first-order chi connectivity index (χ1) is 11.1. The van der Waals surface area contributed by atoms with E-state index in [9.17, 15) is 4.39 Å². The maximum atomic E-state index is 12.9. The third kappa shape index (κ3) is 5.03. The summed E-state index contributed by atoms with van der Waals surface area (Å²) >= 11 is 5.41. The maximum Gasteiger partial charge on any atom is 0.170 e. The predicted octanol–water partition coefficient (Wildman–Crippen LogP) is 4.48. The van der Waals surface area contributed by atoms with Crippen LogP contribution in [0.25, 0.3) is 0 Å². The quantitative estimate of drug-likeness (QED) is 0.764. The fourth-order valence-electron chi connectivity index (χ4n) is 2.53. The van der Waals surface area contributed by atoms with Crippen LogP contribution in [-0.4, -0.2) is 11.7 Å². The normalized spacial score (nSPS) is 10.4. The smallest absolute Gasteiger partial charge is 0.170 e. The Bertz CT molecular complexity index is 631. The molecule has 0 spiro atoms. The number of hydrogen-bond acceptors (Lipinski definition) is 1. The Balaban J connectivity index is 1.91. The molecule has 23 heavy (non-hydrogen) atoms. The van der Waals surface area contributed by atoms with Gasteiger partial charge >= 0.3 is 0 Å². The minimum atomic E-state index is -0.206. The molecule has 0 saturated carbocycles. The first kappa shape index (κ1) is 17.4. The van der Waals surface area contributed by atoms with Gasteiger partial charge in [-0.15, -0.1) is 0 Å². The number of hydrogen-bond donors (Lipinski definition) is 2. The van der Waals surface area contributed by atoms with Gasteiger partial charge in [0.15, 0.2) is 5.11 Å². The number of rotatable bonds is 6. The van der Waals surface area contributed by atoms with E-state index in [0.29, 0.717) is 11.7 Å². The summed E-state index contributed by atoms with van der Waals surface area (Å²) < 4.78 is 12.9. The number of nitrogens with one attached hydrogen (secondary N) is 2. The number of thiocarbonyl (C=S) groups is 1. The summed E-state index contributed by atoms with van der Waals surface area (Å²) in [5.41, 5.74) is 4.75. The lowest BCUT2D eigenvalue weighted by Crippen LogP contribution is -2.31. The van der Waals surface area contributed by atoms with Crippen LogP contribution in [0.4, 0.5) is 10.1 Å². The number of aryl methyl sites for hydroxylation is 2. The van der Waals surface area contributed by atoms with Gasteiger partial charge < -0.3 is 10.6 Å². The van der Waals surface area contributed by atoms with E-state index in [-0.39, 0.29) is 5.82 Å². The molecule has 2 N–H and O–H groups in total. The average Bonchev–Trinajstić information content (AvgIpc) is 2.57. The zero-order valence-corrected chi connectivity index (χ0v) is 14.5. The van der Waals surface area contributed by atoms with Crippen LogP contribution < -0.4 is 10.6 Å². The standard InChI is InChI=1S/C19H23FN2S/c1-3-15-6-5-7-16(4-2)18(15)22-19(23)21-13-12-14-8-10-17(20)11-9-14/h5-11H,3-4,12-13H2,1-2H3,(H2,21,22,23). The molecule has 0 radical (unpaired) electrons. The summed E-state index contributed by atoms with van der Waals surface area (Å²) in [7, 11) is 0. The fraction of sp³-hybridized carbons (Fsp3) is 0.316. The van der Waals surface area contributed by atoms with Gasteiger partial charge in [0.25, 0.3) is 0 Å². The van der Waals surface area contributed by atoms with Crippen molar-refractivity contribution in [3.63, 3.8) is 0 Å². The van der Waals surface area contributed by atoms with Crippen molar-refractivity contribution < 1.29 is 4.39 Å². The van der Waals surface area contributed by atoms with Gasteiger partial charge in [0.05, 0.1) is 0 Å². The van der Waals surface area contributed by atoms with Gasteiger partial charge in [-0.3, -0.25) is 0 Å². The lowest BCUT2D eigenvalue weighted by Gasteiger charge is -2.17. The molecule has 2 aromatic carbocycles. The number of benzene rings is 2. The first-order valence-electron chi connectivity index (χ1n) is 8.04. The molecule has 0 amide bonds. The molecule has 0 saturated heterocycles. The molecule has 2 nitrogen and oxygen atoms in total. The van der Waals surface area contributed by atoms with Crippen molar-refractivity contribution in [1.29, 1.82) is 0 Å². The molecule has 0 bridgehead atoms. The Morgan fingerprint density at radius 3 is 2.17 bits per heavy atom. The van der Waals surface area contributed by atoms with E-state index in [2.05, 4.69) is 42.7 Å². The van der Waals surface area contributed by atoms with Crippen LogP contribution in [0, 0.1) is 5.82 Å². The van der Waals surface area contributed by atoms with E-state index in [1.54, 1.807) is 12.1 Å². The molecule has 0 aromatic heterocycles. The van der Waals surface area contributed by atoms with E-state index >= 15 is 0 Å². The zero-order valence-electron chi connectivity index (χ0n) is 13.7. The zero-order chi connectivity index (χ0) is 16.7. The Kier molecular flexibility index (Phi) is 6.53. The van der Waals surface area contributed by atoms with E-state index < -0.39 is 0 Å². The third-order valence-electron chi connectivity index (χ3n) is 3.85. The first-order valence-corrected chi connectivity index (χ1v) is 8.45. The molecule has 0 aliphatic carbocycles. The highest BCUT2D eigenvalue weighted by Crippen LogP contribution is 2.22. The molecule has 0 unspecified atom stereocenters. The summed E-state index contributed by atoms with van der Waals surface area (Å²) in [5.74, 6) is -0.206. The molecule has 2 aromatic rings. The van der Waals surface area contributed by atoms with Gasteiger partial charge in [-0.2, -0.15) is 0 Å². The van der Waals surface area contributed by atoms with Gasteiger partial charge in [-0.05, 0) is 60.3 Å². The Morgan fingerprint density at radius 1 is 1.00 bits per heavy atom. The molecule has 4 heteroatoms. The third-order valence-corrected chi connectivity index (χ3v) is 4.10. The van der Waals surface area contributed by atoms with Crippen molar-refractivity contribution in [2.75, 3.05) is 11.9 Å². The molecule has 0 heterocycles. The molecular weight excluding hydrogens is 307 g/mol. The molecule has 0 fully saturated rings. The number of anilines is 1. The highest BCUT2D eigenvalue weighted by atomic mass is 32.1. The average molecular weight is 330 g/mol.